The molecule has 0 unspecified atom stereocenters. The van der Waals surface area contributed by atoms with Crippen LogP contribution in [0.5, 0.6) is 0 Å². The van der Waals surface area contributed by atoms with Gasteiger partial charge in [-0.2, -0.15) is 4.31 Å². The zero-order chi connectivity index (χ0) is 21.3. The van der Waals surface area contributed by atoms with E-state index in [4.69, 9.17) is 4.52 Å². The number of aryl methyl sites for hydroxylation is 2. The molecule has 29 heavy (non-hydrogen) atoms. The third-order valence-electron chi connectivity index (χ3n) is 4.98. The first-order chi connectivity index (χ1) is 13.6. The van der Waals surface area contributed by atoms with Crippen molar-refractivity contribution in [3.8, 4) is 0 Å². The second-order valence-electron chi connectivity index (χ2n) is 6.76. The molecule has 0 bridgehead atoms. The van der Waals surface area contributed by atoms with E-state index in [-0.39, 0.29) is 38.5 Å². The first-order valence-electron chi connectivity index (χ1n) is 8.96. The lowest BCUT2D eigenvalue weighted by Crippen LogP contribution is -2.50. The van der Waals surface area contributed by atoms with Crippen LogP contribution in [0.4, 0.5) is 13.2 Å². The van der Waals surface area contributed by atoms with Gasteiger partial charge in [0.15, 0.2) is 17.5 Å². The predicted molar refractivity (Wildman–Crippen MR) is 96.0 cm³/mol. The highest BCUT2D eigenvalue weighted by Gasteiger charge is 2.33. The smallest absolute Gasteiger partial charge is 0.246 e. The first-order valence-corrected chi connectivity index (χ1v) is 10.4. The van der Waals surface area contributed by atoms with Crippen LogP contribution in [0.25, 0.3) is 0 Å². The molecule has 1 aliphatic rings. The summed E-state index contributed by atoms with van der Waals surface area (Å²) in [5, 5.41) is 3.84. The monoisotopic (exact) mass is 431 g/mol. The Morgan fingerprint density at radius 2 is 1.76 bits per heavy atom. The number of sulfonamides is 1. The molecule has 7 nitrogen and oxygen atoms in total. The van der Waals surface area contributed by atoms with Gasteiger partial charge in [0, 0.05) is 38.2 Å². The quantitative estimate of drug-likeness (QED) is 0.678. The van der Waals surface area contributed by atoms with Crippen LogP contribution >= 0.6 is 0 Å². The van der Waals surface area contributed by atoms with E-state index < -0.39 is 32.4 Å². The zero-order valence-electron chi connectivity index (χ0n) is 15.9. The average Bonchev–Trinajstić information content (AvgIpc) is 3.01. The summed E-state index contributed by atoms with van der Waals surface area (Å²) in [6, 6.07) is 1.27. The van der Waals surface area contributed by atoms with Crippen LogP contribution in [0.3, 0.4) is 0 Å². The highest BCUT2D eigenvalue weighted by molar-refractivity contribution is 7.89. The van der Waals surface area contributed by atoms with Crippen molar-refractivity contribution in [3.63, 3.8) is 0 Å². The van der Waals surface area contributed by atoms with Gasteiger partial charge in [-0.15, -0.1) is 0 Å². The third-order valence-corrected chi connectivity index (χ3v) is 6.90. The van der Waals surface area contributed by atoms with Gasteiger partial charge in [0.1, 0.15) is 10.7 Å². The van der Waals surface area contributed by atoms with Crippen molar-refractivity contribution < 1.29 is 30.9 Å². The topological polar surface area (TPSA) is 83.7 Å². The fourth-order valence-electron chi connectivity index (χ4n) is 3.27. The van der Waals surface area contributed by atoms with Crippen LogP contribution in [-0.4, -0.2) is 54.9 Å². The molecule has 0 N–H and O–H groups in total. The SMILES string of the molecule is Cc1noc(C)c1CCC(=O)N1CCN(S(=O)(=O)c2ccc(F)c(F)c2F)CC1. The summed E-state index contributed by atoms with van der Waals surface area (Å²) < 4.78 is 71.6. The van der Waals surface area contributed by atoms with Gasteiger partial charge in [0.2, 0.25) is 15.9 Å². The van der Waals surface area contributed by atoms with Crippen molar-refractivity contribution in [1.82, 2.24) is 14.4 Å². The fourth-order valence-corrected chi connectivity index (χ4v) is 4.75. The highest BCUT2D eigenvalue weighted by atomic mass is 32.2. The molecule has 0 spiro atoms. The molecule has 11 heteroatoms. The number of carbonyl (C=O) groups excluding carboxylic acids is 1. The van der Waals surface area contributed by atoms with E-state index in [1.54, 1.807) is 13.8 Å². The molecule has 0 saturated carbocycles. The standard InChI is InChI=1S/C18H20F3N3O4S/c1-11-13(12(2)28-22-11)3-6-16(25)23-7-9-24(10-8-23)29(26,27)15-5-4-14(19)17(20)18(15)21/h4-5H,3,6-10H2,1-2H3. The Morgan fingerprint density at radius 1 is 1.10 bits per heavy atom. The molecule has 3 rings (SSSR count). The maximum absolute atomic E-state index is 13.9. The molecule has 0 aliphatic carbocycles. The lowest BCUT2D eigenvalue weighted by atomic mass is 10.1. The van der Waals surface area contributed by atoms with Gasteiger partial charge in [-0.1, -0.05) is 5.16 Å². The molecule has 1 saturated heterocycles. The minimum absolute atomic E-state index is 0.0716. The predicted octanol–water partition coefficient (Wildman–Crippen LogP) is 2.17. The van der Waals surface area contributed by atoms with Crippen molar-refractivity contribution in [2.75, 3.05) is 26.2 Å². The summed E-state index contributed by atoms with van der Waals surface area (Å²) in [7, 11) is -4.35. The Bertz CT molecular complexity index is 1010. The van der Waals surface area contributed by atoms with Gasteiger partial charge in [-0.05, 0) is 32.4 Å². The number of rotatable bonds is 5. The zero-order valence-corrected chi connectivity index (χ0v) is 16.7. The van der Waals surface area contributed by atoms with Crippen molar-refractivity contribution in [1.29, 1.82) is 0 Å². The van der Waals surface area contributed by atoms with Gasteiger partial charge in [-0.25, -0.2) is 21.6 Å². The summed E-state index contributed by atoms with van der Waals surface area (Å²) in [5.74, 6) is -4.54. The number of halogens is 3. The Labute approximate surface area is 166 Å². The van der Waals surface area contributed by atoms with E-state index in [1.807, 2.05) is 0 Å². The molecule has 0 atom stereocenters. The van der Waals surface area contributed by atoms with Crippen LogP contribution < -0.4 is 0 Å². The normalized spacial score (nSPS) is 15.7. The van der Waals surface area contributed by atoms with E-state index in [2.05, 4.69) is 5.16 Å². The van der Waals surface area contributed by atoms with E-state index in [9.17, 15) is 26.4 Å². The fraction of sp³-hybridized carbons (Fsp3) is 0.444. The van der Waals surface area contributed by atoms with Crippen molar-refractivity contribution in [2.24, 2.45) is 0 Å². The van der Waals surface area contributed by atoms with E-state index in [1.165, 1.54) is 4.90 Å². The molecular weight excluding hydrogens is 411 g/mol. The summed E-state index contributed by atoms with van der Waals surface area (Å²) in [6.07, 6.45) is 0.673. The Kier molecular flexibility index (Phi) is 5.99. The van der Waals surface area contributed by atoms with Gasteiger partial charge in [-0.3, -0.25) is 4.79 Å². The van der Waals surface area contributed by atoms with Crippen LogP contribution in [-0.2, 0) is 21.2 Å². The van der Waals surface area contributed by atoms with Gasteiger partial charge < -0.3 is 9.42 Å². The summed E-state index contributed by atoms with van der Waals surface area (Å²) in [4.78, 5) is 13.0. The largest absolute Gasteiger partial charge is 0.361 e. The molecule has 0 radical (unpaired) electrons. The molecule has 1 amide bonds. The number of benzene rings is 1. The molecule has 158 valence electrons. The number of hydrogen-bond donors (Lipinski definition) is 0. The molecule has 1 aromatic heterocycles. The van der Waals surface area contributed by atoms with Gasteiger partial charge in [0.05, 0.1) is 5.69 Å². The second kappa shape index (κ2) is 8.15. The molecule has 1 aliphatic heterocycles. The lowest BCUT2D eigenvalue weighted by molar-refractivity contribution is -0.132. The summed E-state index contributed by atoms with van der Waals surface area (Å²) in [5.41, 5.74) is 1.59. The average molecular weight is 431 g/mol. The Balaban J connectivity index is 1.62. The van der Waals surface area contributed by atoms with Crippen LogP contribution in [0.1, 0.15) is 23.4 Å². The minimum atomic E-state index is -4.35. The summed E-state index contributed by atoms with van der Waals surface area (Å²) >= 11 is 0. The number of aromatic nitrogens is 1. The van der Waals surface area contributed by atoms with Crippen LogP contribution in [0, 0.1) is 31.3 Å². The lowest BCUT2D eigenvalue weighted by Gasteiger charge is -2.34. The molecule has 2 heterocycles. The van der Waals surface area contributed by atoms with Gasteiger partial charge in [0.25, 0.3) is 0 Å². The Morgan fingerprint density at radius 3 is 2.34 bits per heavy atom. The minimum Gasteiger partial charge on any atom is -0.361 e. The molecule has 2 aromatic rings. The Hall–Kier alpha value is -2.40. The maximum Gasteiger partial charge on any atom is 0.246 e. The van der Waals surface area contributed by atoms with E-state index in [0.717, 1.165) is 15.6 Å². The first kappa shape index (κ1) is 21.3. The molecule has 1 aromatic carbocycles. The third kappa shape index (κ3) is 4.15. The number of carbonyl (C=O) groups is 1. The molecule has 1 fully saturated rings. The van der Waals surface area contributed by atoms with Crippen LogP contribution in [0.15, 0.2) is 21.6 Å². The number of nitrogens with zero attached hydrogens (tertiary/aromatic N) is 3. The van der Waals surface area contributed by atoms with E-state index >= 15 is 0 Å². The number of piperazine rings is 1. The maximum atomic E-state index is 13.9. The van der Waals surface area contributed by atoms with Crippen molar-refractivity contribution >= 4 is 15.9 Å². The van der Waals surface area contributed by atoms with Crippen LogP contribution in [0.2, 0.25) is 0 Å². The van der Waals surface area contributed by atoms with Gasteiger partial charge >= 0.3 is 0 Å². The highest BCUT2D eigenvalue weighted by Crippen LogP contribution is 2.24. The number of amides is 1. The second-order valence-corrected chi connectivity index (χ2v) is 8.67. The van der Waals surface area contributed by atoms with Crippen molar-refractivity contribution in [2.45, 2.75) is 31.6 Å². The van der Waals surface area contributed by atoms with Crippen molar-refractivity contribution in [3.05, 3.63) is 46.6 Å². The summed E-state index contributed by atoms with van der Waals surface area (Å²) in [6.45, 7) is 3.64. The van der Waals surface area contributed by atoms with E-state index in [0.29, 0.717) is 24.3 Å². The molecular formula is C18H20F3N3O4S. The number of hydrogen-bond acceptors (Lipinski definition) is 5.